The molecule has 1 fully saturated rings. The SMILES string of the molecule is CCN(CC1CCCO1)C(=O)Cn1cc(CN)nn1. The molecule has 19 heavy (non-hydrogen) atoms. The first-order chi connectivity index (χ1) is 9.22. The Kier molecular flexibility index (Phi) is 4.86. The zero-order valence-electron chi connectivity index (χ0n) is 11.3. The first-order valence-corrected chi connectivity index (χ1v) is 6.71. The highest BCUT2D eigenvalue weighted by Gasteiger charge is 2.21. The molecule has 1 aliphatic rings. The quantitative estimate of drug-likeness (QED) is 0.769. The van der Waals surface area contributed by atoms with E-state index in [0.29, 0.717) is 25.3 Å². The molecule has 106 valence electrons. The lowest BCUT2D eigenvalue weighted by Crippen LogP contribution is -2.39. The van der Waals surface area contributed by atoms with E-state index in [1.54, 1.807) is 11.1 Å². The van der Waals surface area contributed by atoms with Gasteiger partial charge in [-0.3, -0.25) is 4.79 Å². The molecule has 2 heterocycles. The second kappa shape index (κ2) is 6.63. The van der Waals surface area contributed by atoms with Crippen LogP contribution < -0.4 is 5.73 Å². The molecule has 0 radical (unpaired) electrons. The van der Waals surface area contributed by atoms with Crippen LogP contribution in [-0.4, -0.2) is 51.6 Å². The molecule has 1 aromatic rings. The Balaban J connectivity index is 1.88. The highest BCUT2D eigenvalue weighted by molar-refractivity contribution is 5.75. The zero-order valence-corrected chi connectivity index (χ0v) is 11.3. The van der Waals surface area contributed by atoms with Crippen molar-refractivity contribution in [2.45, 2.75) is 39.0 Å². The fraction of sp³-hybridized carbons (Fsp3) is 0.750. The minimum Gasteiger partial charge on any atom is -0.376 e. The molecule has 0 aromatic carbocycles. The van der Waals surface area contributed by atoms with Gasteiger partial charge in [-0.25, -0.2) is 4.68 Å². The van der Waals surface area contributed by atoms with Crippen LogP contribution in [0.25, 0.3) is 0 Å². The number of aromatic nitrogens is 3. The third-order valence-corrected chi connectivity index (χ3v) is 3.27. The van der Waals surface area contributed by atoms with Gasteiger partial charge in [0.1, 0.15) is 6.54 Å². The molecule has 0 bridgehead atoms. The first kappa shape index (κ1) is 14.0. The summed E-state index contributed by atoms with van der Waals surface area (Å²) in [6.07, 6.45) is 4.00. The lowest BCUT2D eigenvalue weighted by molar-refractivity contribution is -0.133. The van der Waals surface area contributed by atoms with Gasteiger partial charge >= 0.3 is 0 Å². The molecule has 2 rings (SSSR count). The van der Waals surface area contributed by atoms with E-state index in [0.717, 1.165) is 19.4 Å². The summed E-state index contributed by atoms with van der Waals surface area (Å²) in [7, 11) is 0. The maximum absolute atomic E-state index is 12.2. The molecular weight excluding hydrogens is 246 g/mol. The van der Waals surface area contributed by atoms with Gasteiger partial charge in [-0.2, -0.15) is 0 Å². The fourth-order valence-corrected chi connectivity index (χ4v) is 2.19. The summed E-state index contributed by atoms with van der Waals surface area (Å²) >= 11 is 0. The summed E-state index contributed by atoms with van der Waals surface area (Å²) in [4.78, 5) is 14.0. The van der Waals surface area contributed by atoms with Crippen molar-refractivity contribution >= 4 is 5.91 Å². The molecule has 1 aromatic heterocycles. The summed E-state index contributed by atoms with van der Waals surface area (Å²) in [5.41, 5.74) is 6.15. The number of hydrogen-bond acceptors (Lipinski definition) is 5. The average molecular weight is 267 g/mol. The van der Waals surface area contributed by atoms with Crippen molar-refractivity contribution in [3.05, 3.63) is 11.9 Å². The molecule has 1 atom stereocenters. The first-order valence-electron chi connectivity index (χ1n) is 6.71. The van der Waals surface area contributed by atoms with E-state index >= 15 is 0 Å². The van der Waals surface area contributed by atoms with E-state index in [2.05, 4.69) is 10.3 Å². The van der Waals surface area contributed by atoms with E-state index in [4.69, 9.17) is 10.5 Å². The highest BCUT2D eigenvalue weighted by Crippen LogP contribution is 2.13. The minimum atomic E-state index is 0.0338. The highest BCUT2D eigenvalue weighted by atomic mass is 16.5. The van der Waals surface area contributed by atoms with Crippen molar-refractivity contribution in [2.75, 3.05) is 19.7 Å². The number of nitrogens with zero attached hydrogens (tertiary/aromatic N) is 4. The Morgan fingerprint density at radius 3 is 3.11 bits per heavy atom. The van der Waals surface area contributed by atoms with Gasteiger partial charge in [0, 0.05) is 26.2 Å². The van der Waals surface area contributed by atoms with Gasteiger partial charge in [-0.05, 0) is 19.8 Å². The molecule has 1 aliphatic heterocycles. The third-order valence-electron chi connectivity index (χ3n) is 3.27. The summed E-state index contributed by atoms with van der Waals surface area (Å²) in [6.45, 7) is 4.65. The molecule has 7 nitrogen and oxygen atoms in total. The van der Waals surface area contributed by atoms with Crippen molar-refractivity contribution < 1.29 is 9.53 Å². The van der Waals surface area contributed by atoms with E-state index in [1.807, 2.05) is 6.92 Å². The maximum Gasteiger partial charge on any atom is 0.244 e. The van der Waals surface area contributed by atoms with Gasteiger partial charge in [0.05, 0.1) is 18.0 Å². The number of likely N-dealkylation sites (N-methyl/N-ethyl adjacent to an activating group) is 1. The Morgan fingerprint density at radius 1 is 1.68 bits per heavy atom. The monoisotopic (exact) mass is 267 g/mol. The molecule has 7 heteroatoms. The smallest absolute Gasteiger partial charge is 0.244 e. The van der Waals surface area contributed by atoms with Crippen LogP contribution in [0.15, 0.2) is 6.20 Å². The molecule has 0 saturated carbocycles. The van der Waals surface area contributed by atoms with Gasteiger partial charge in [-0.15, -0.1) is 5.10 Å². The number of hydrogen-bond donors (Lipinski definition) is 1. The molecule has 0 aliphatic carbocycles. The molecule has 1 amide bonds. The van der Waals surface area contributed by atoms with Crippen LogP contribution in [0.1, 0.15) is 25.5 Å². The van der Waals surface area contributed by atoms with E-state index < -0.39 is 0 Å². The third kappa shape index (κ3) is 3.74. The lowest BCUT2D eigenvalue weighted by Gasteiger charge is -2.23. The second-order valence-electron chi connectivity index (χ2n) is 4.68. The van der Waals surface area contributed by atoms with Gasteiger partial charge in [0.15, 0.2) is 0 Å². The Labute approximate surface area is 112 Å². The normalized spacial score (nSPS) is 18.7. The predicted octanol–water partition coefficient (Wildman–Crippen LogP) is -0.236. The molecule has 1 unspecified atom stereocenters. The summed E-state index contributed by atoms with van der Waals surface area (Å²) in [6, 6.07) is 0. The van der Waals surface area contributed by atoms with Gasteiger partial charge in [0.2, 0.25) is 5.91 Å². The zero-order chi connectivity index (χ0) is 13.7. The summed E-state index contributed by atoms with van der Waals surface area (Å²) in [5.74, 6) is 0.0338. The number of nitrogens with two attached hydrogens (primary N) is 1. The molecular formula is C12H21N5O2. The van der Waals surface area contributed by atoms with Gasteiger partial charge in [-0.1, -0.05) is 5.21 Å². The van der Waals surface area contributed by atoms with Gasteiger partial charge < -0.3 is 15.4 Å². The molecule has 1 saturated heterocycles. The number of carbonyl (C=O) groups is 1. The summed E-state index contributed by atoms with van der Waals surface area (Å²) in [5, 5.41) is 7.75. The Hall–Kier alpha value is -1.47. The second-order valence-corrected chi connectivity index (χ2v) is 4.68. The summed E-state index contributed by atoms with van der Waals surface area (Å²) < 4.78 is 7.09. The van der Waals surface area contributed by atoms with Crippen molar-refractivity contribution in [1.82, 2.24) is 19.9 Å². The van der Waals surface area contributed by atoms with Crippen molar-refractivity contribution in [3.63, 3.8) is 0 Å². The number of carbonyl (C=O) groups excluding carboxylic acids is 1. The number of amides is 1. The minimum absolute atomic E-state index is 0.0338. The van der Waals surface area contributed by atoms with Crippen LogP contribution in [0.4, 0.5) is 0 Å². The van der Waals surface area contributed by atoms with Crippen LogP contribution in [0.5, 0.6) is 0 Å². The fourth-order valence-electron chi connectivity index (χ4n) is 2.19. The predicted molar refractivity (Wildman–Crippen MR) is 69.1 cm³/mol. The van der Waals surface area contributed by atoms with Crippen LogP contribution in [0.2, 0.25) is 0 Å². The Bertz CT molecular complexity index is 414. The topological polar surface area (TPSA) is 86.3 Å². The van der Waals surface area contributed by atoms with Crippen LogP contribution in [0.3, 0.4) is 0 Å². The standard InChI is InChI=1S/C12H21N5O2/c1-2-16(8-11-4-3-5-19-11)12(18)9-17-7-10(6-13)14-15-17/h7,11H,2-6,8-9,13H2,1H3. The van der Waals surface area contributed by atoms with Crippen LogP contribution >= 0.6 is 0 Å². The van der Waals surface area contributed by atoms with E-state index in [-0.39, 0.29) is 18.6 Å². The van der Waals surface area contributed by atoms with E-state index in [9.17, 15) is 4.79 Å². The number of rotatable bonds is 6. The maximum atomic E-state index is 12.2. The largest absolute Gasteiger partial charge is 0.376 e. The van der Waals surface area contributed by atoms with E-state index in [1.165, 1.54) is 4.68 Å². The van der Waals surface area contributed by atoms with Crippen molar-refractivity contribution in [3.8, 4) is 0 Å². The Morgan fingerprint density at radius 2 is 2.53 bits per heavy atom. The van der Waals surface area contributed by atoms with Gasteiger partial charge in [0.25, 0.3) is 0 Å². The van der Waals surface area contributed by atoms with Crippen LogP contribution in [0, 0.1) is 0 Å². The average Bonchev–Trinajstić information content (AvgIpc) is 3.06. The van der Waals surface area contributed by atoms with Crippen molar-refractivity contribution in [2.24, 2.45) is 5.73 Å². The molecule has 2 N–H and O–H groups in total. The number of ether oxygens (including phenoxy) is 1. The van der Waals surface area contributed by atoms with Crippen LogP contribution in [-0.2, 0) is 22.6 Å². The molecule has 0 spiro atoms. The van der Waals surface area contributed by atoms with Crippen molar-refractivity contribution in [1.29, 1.82) is 0 Å². The lowest BCUT2D eigenvalue weighted by atomic mass is 10.2.